The van der Waals surface area contributed by atoms with Gasteiger partial charge < -0.3 is 5.32 Å². The van der Waals surface area contributed by atoms with Crippen LogP contribution in [0.25, 0.3) is 0 Å². The number of nitrogens with one attached hydrogen (secondary N) is 1. The molecule has 1 heterocycles. The Hall–Kier alpha value is -0.810. The minimum Gasteiger partial charge on any atom is -0.316 e. The van der Waals surface area contributed by atoms with Crippen LogP contribution in [0.4, 0.5) is 0 Å². The zero-order valence-corrected chi connectivity index (χ0v) is 7.89. The molecule has 1 fully saturated rings. The first-order valence-corrected chi connectivity index (χ1v) is 4.56. The van der Waals surface area contributed by atoms with Crippen LogP contribution in [0.5, 0.6) is 0 Å². The molecule has 1 rings (SSSR count). The lowest BCUT2D eigenvalue weighted by Crippen LogP contribution is -2.33. The normalized spacial score (nSPS) is 21.6. The summed E-state index contributed by atoms with van der Waals surface area (Å²) in [7, 11) is 0. The molecule has 0 saturated carbocycles. The molecule has 2 heteroatoms. The Kier molecular flexibility index (Phi) is 6.41. The van der Waals surface area contributed by atoms with Crippen LogP contribution in [0.15, 0.2) is 0 Å². The van der Waals surface area contributed by atoms with Gasteiger partial charge in [-0.15, -0.1) is 6.42 Å². The van der Waals surface area contributed by atoms with Gasteiger partial charge in [-0.3, -0.25) is 4.79 Å². The smallest absolute Gasteiger partial charge is 0.209 e. The molecule has 0 aromatic carbocycles. The standard InChI is InChI=1S/C8H11NO.C2H6.H2/c1-2-8(10)7-4-3-5-9-6-7;1-2;/h1,7,9H,3-6H2;1-2H3;1H/t7-;;/m1../s1. The Labute approximate surface area is 76.2 Å². The predicted octanol–water partition coefficient (Wildman–Crippen LogP) is 1.46. The fourth-order valence-electron chi connectivity index (χ4n) is 1.19. The van der Waals surface area contributed by atoms with Crippen LogP contribution in [0.2, 0.25) is 0 Å². The molecule has 0 radical (unpaired) electrons. The van der Waals surface area contributed by atoms with Crippen molar-refractivity contribution in [1.29, 1.82) is 0 Å². The minimum absolute atomic E-state index is 0. The maximum Gasteiger partial charge on any atom is 0.209 e. The molecule has 1 aliphatic heterocycles. The zero-order chi connectivity index (χ0) is 9.40. The van der Waals surface area contributed by atoms with Crippen LogP contribution >= 0.6 is 0 Å². The van der Waals surface area contributed by atoms with Crippen LogP contribution < -0.4 is 5.32 Å². The summed E-state index contributed by atoms with van der Waals surface area (Å²) in [6.07, 6.45) is 7.00. The van der Waals surface area contributed by atoms with Gasteiger partial charge in [-0.25, -0.2) is 0 Å². The summed E-state index contributed by atoms with van der Waals surface area (Å²) in [5.74, 6) is 2.19. The fraction of sp³-hybridized carbons (Fsp3) is 0.700. The number of ketones is 1. The summed E-state index contributed by atoms with van der Waals surface area (Å²) < 4.78 is 0. The van der Waals surface area contributed by atoms with E-state index in [2.05, 4.69) is 11.2 Å². The molecule has 0 spiro atoms. The second-order valence-corrected chi connectivity index (χ2v) is 2.55. The van der Waals surface area contributed by atoms with E-state index in [1.165, 1.54) is 0 Å². The highest BCUT2D eigenvalue weighted by Gasteiger charge is 2.18. The largest absolute Gasteiger partial charge is 0.316 e. The van der Waals surface area contributed by atoms with Crippen molar-refractivity contribution >= 4 is 5.78 Å². The number of Topliss-reactive ketones (excluding diaryl/α,β-unsaturated/α-hetero) is 1. The van der Waals surface area contributed by atoms with Crippen LogP contribution in [0.1, 0.15) is 28.1 Å². The lowest BCUT2D eigenvalue weighted by molar-refractivity contribution is -0.117. The van der Waals surface area contributed by atoms with Crippen molar-refractivity contribution in [3.8, 4) is 12.3 Å². The van der Waals surface area contributed by atoms with E-state index in [9.17, 15) is 4.79 Å². The first-order valence-electron chi connectivity index (χ1n) is 4.56. The van der Waals surface area contributed by atoms with E-state index in [0.717, 1.165) is 25.9 Å². The van der Waals surface area contributed by atoms with Crippen molar-refractivity contribution in [2.45, 2.75) is 26.7 Å². The Morgan fingerprint density at radius 3 is 2.75 bits per heavy atom. The molecule has 1 aliphatic rings. The van der Waals surface area contributed by atoms with Gasteiger partial charge in [0.15, 0.2) is 0 Å². The van der Waals surface area contributed by atoms with Crippen LogP contribution in [-0.2, 0) is 4.79 Å². The van der Waals surface area contributed by atoms with Crippen molar-refractivity contribution in [2.24, 2.45) is 5.92 Å². The summed E-state index contributed by atoms with van der Waals surface area (Å²) in [5, 5.41) is 3.13. The molecular weight excluding hydrogens is 150 g/mol. The van der Waals surface area contributed by atoms with Crippen molar-refractivity contribution in [1.82, 2.24) is 5.32 Å². The van der Waals surface area contributed by atoms with Gasteiger partial charge >= 0.3 is 0 Å². The second-order valence-electron chi connectivity index (χ2n) is 2.55. The molecule has 1 N–H and O–H groups in total. The number of piperidine rings is 1. The molecule has 2 nitrogen and oxygen atoms in total. The van der Waals surface area contributed by atoms with E-state index in [4.69, 9.17) is 6.42 Å². The van der Waals surface area contributed by atoms with Crippen molar-refractivity contribution in [2.75, 3.05) is 13.1 Å². The Bertz CT molecular complexity index is 168. The number of terminal acetylenes is 1. The van der Waals surface area contributed by atoms with Gasteiger partial charge in [0.1, 0.15) is 0 Å². The number of carbonyl (C=O) groups is 1. The lowest BCUT2D eigenvalue weighted by Gasteiger charge is -2.18. The van der Waals surface area contributed by atoms with E-state index < -0.39 is 0 Å². The van der Waals surface area contributed by atoms with E-state index >= 15 is 0 Å². The Morgan fingerprint density at radius 2 is 2.33 bits per heavy atom. The van der Waals surface area contributed by atoms with E-state index in [-0.39, 0.29) is 13.1 Å². The monoisotopic (exact) mass is 169 g/mol. The van der Waals surface area contributed by atoms with Crippen LogP contribution in [0, 0.1) is 18.3 Å². The summed E-state index contributed by atoms with van der Waals surface area (Å²) in [6, 6.07) is 0. The minimum atomic E-state index is -0.0489. The van der Waals surface area contributed by atoms with E-state index in [0.29, 0.717) is 0 Å². The fourth-order valence-corrected chi connectivity index (χ4v) is 1.19. The highest BCUT2D eigenvalue weighted by molar-refractivity contribution is 5.96. The summed E-state index contributed by atoms with van der Waals surface area (Å²) in [5.41, 5.74) is 0. The molecule has 0 aromatic rings. The van der Waals surface area contributed by atoms with Gasteiger partial charge in [0.25, 0.3) is 0 Å². The molecule has 1 atom stereocenters. The average molecular weight is 169 g/mol. The Morgan fingerprint density at radius 1 is 1.67 bits per heavy atom. The first-order chi connectivity index (χ1) is 5.84. The molecule has 0 amide bonds. The zero-order valence-electron chi connectivity index (χ0n) is 7.89. The maximum absolute atomic E-state index is 10.9. The van der Waals surface area contributed by atoms with Gasteiger partial charge in [0, 0.05) is 13.9 Å². The summed E-state index contributed by atoms with van der Waals surface area (Å²) in [4.78, 5) is 10.9. The van der Waals surface area contributed by atoms with E-state index in [1.54, 1.807) is 0 Å². The SMILES string of the molecule is C#CC(=O)[C@@H]1CCCNC1.CC.[HH]. The molecule has 0 bridgehead atoms. The average Bonchev–Trinajstić information content (AvgIpc) is 2.21. The summed E-state index contributed by atoms with van der Waals surface area (Å²) >= 11 is 0. The lowest BCUT2D eigenvalue weighted by atomic mass is 9.96. The molecule has 12 heavy (non-hydrogen) atoms. The number of hydrogen-bond acceptors (Lipinski definition) is 2. The van der Waals surface area contributed by atoms with Gasteiger partial charge in [0.2, 0.25) is 5.78 Å². The topological polar surface area (TPSA) is 29.1 Å². The van der Waals surface area contributed by atoms with Crippen LogP contribution in [-0.4, -0.2) is 18.9 Å². The third kappa shape index (κ3) is 3.54. The van der Waals surface area contributed by atoms with Gasteiger partial charge in [-0.1, -0.05) is 13.8 Å². The molecule has 0 unspecified atom stereocenters. The molecule has 0 aliphatic carbocycles. The number of hydrogen-bond donors (Lipinski definition) is 1. The van der Waals surface area contributed by atoms with Crippen LogP contribution in [0.3, 0.4) is 0 Å². The third-order valence-electron chi connectivity index (χ3n) is 1.81. The van der Waals surface area contributed by atoms with Gasteiger partial charge in [-0.2, -0.15) is 0 Å². The highest BCUT2D eigenvalue weighted by Crippen LogP contribution is 2.09. The molecular formula is C10H19NO. The predicted molar refractivity (Wildman–Crippen MR) is 52.9 cm³/mol. The van der Waals surface area contributed by atoms with Crippen molar-refractivity contribution in [3.63, 3.8) is 0 Å². The van der Waals surface area contributed by atoms with E-state index in [1.807, 2.05) is 13.8 Å². The maximum atomic E-state index is 10.9. The number of rotatable bonds is 1. The van der Waals surface area contributed by atoms with Crippen molar-refractivity contribution in [3.05, 3.63) is 0 Å². The van der Waals surface area contributed by atoms with Crippen molar-refractivity contribution < 1.29 is 6.22 Å². The van der Waals surface area contributed by atoms with Gasteiger partial charge in [-0.05, 0) is 25.3 Å². The number of carbonyl (C=O) groups excluding carboxylic acids is 1. The second kappa shape index (κ2) is 6.87. The summed E-state index contributed by atoms with van der Waals surface area (Å²) in [6.45, 7) is 5.79. The van der Waals surface area contributed by atoms with Gasteiger partial charge in [0.05, 0.1) is 0 Å². The third-order valence-corrected chi connectivity index (χ3v) is 1.81. The Balaban J connectivity index is 0. The molecule has 0 aromatic heterocycles. The molecule has 70 valence electrons. The highest BCUT2D eigenvalue weighted by atomic mass is 16.1. The first kappa shape index (κ1) is 11.2. The quantitative estimate of drug-likeness (QED) is 0.475. The molecule has 1 saturated heterocycles.